The van der Waals surface area contributed by atoms with Gasteiger partial charge in [0, 0.05) is 42.3 Å². The van der Waals surface area contributed by atoms with Crippen molar-refractivity contribution in [1.29, 1.82) is 0 Å². The summed E-state index contributed by atoms with van der Waals surface area (Å²) in [5.41, 5.74) is 4.72. The van der Waals surface area contributed by atoms with E-state index < -0.39 is 6.09 Å². The van der Waals surface area contributed by atoms with Gasteiger partial charge in [-0.1, -0.05) is 30.3 Å². The summed E-state index contributed by atoms with van der Waals surface area (Å²) in [6.45, 7) is 6.78. The summed E-state index contributed by atoms with van der Waals surface area (Å²) < 4.78 is 6.30. The second-order valence-corrected chi connectivity index (χ2v) is 11.9. The van der Waals surface area contributed by atoms with E-state index in [-0.39, 0.29) is 12.1 Å². The zero-order valence-corrected chi connectivity index (χ0v) is 23.4. The highest BCUT2D eigenvalue weighted by Crippen LogP contribution is 2.38. The van der Waals surface area contributed by atoms with Crippen molar-refractivity contribution < 1.29 is 14.6 Å². The molecule has 0 spiro atoms. The van der Waals surface area contributed by atoms with Crippen LogP contribution in [-0.2, 0) is 13.0 Å². The van der Waals surface area contributed by atoms with Crippen LogP contribution in [0.1, 0.15) is 42.5 Å². The fourth-order valence-corrected chi connectivity index (χ4v) is 7.44. The zero-order valence-electron chi connectivity index (χ0n) is 23.4. The molecule has 9 heteroatoms. The maximum absolute atomic E-state index is 11.9. The lowest BCUT2D eigenvalue weighted by atomic mass is 9.99. The van der Waals surface area contributed by atoms with Crippen LogP contribution in [0, 0.1) is 6.92 Å². The molecule has 3 aromatic rings. The summed E-state index contributed by atoms with van der Waals surface area (Å²) in [6.07, 6.45) is 4.17. The molecule has 0 saturated carbocycles. The van der Waals surface area contributed by atoms with Crippen LogP contribution >= 0.6 is 0 Å². The van der Waals surface area contributed by atoms with Gasteiger partial charge in [-0.25, -0.2) is 4.79 Å². The van der Waals surface area contributed by atoms with Crippen molar-refractivity contribution in [1.82, 2.24) is 19.8 Å². The van der Waals surface area contributed by atoms with Gasteiger partial charge in [0.25, 0.3) is 0 Å². The van der Waals surface area contributed by atoms with Gasteiger partial charge in [-0.3, -0.25) is 4.90 Å². The zero-order chi connectivity index (χ0) is 27.4. The lowest BCUT2D eigenvalue weighted by molar-refractivity contribution is 0.114. The molecule has 1 unspecified atom stereocenters. The number of nitrogens with zero attached hydrogens (tertiary/aromatic N) is 6. The van der Waals surface area contributed by atoms with Gasteiger partial charge >= 0.3 is 12.1 Å². The first-order chi connectivity index (χ1) is 19.5. The molecule has 40 heavy (non-hydrogen) atoms. The number of fused-ring (bicyclic) bond motifs is 4. The molecular formula is C31H38N6O3. The molecule has 1 aromatic heterocycles. The molecular weight excluding hydrogens is 504 g/mol. The predicted octanol–water partition coefficient (Wildman–Crippen LogP) is 4.30. The Morgan fingerprint density at radius 3 is 2.52 bits per heavy atom. The van der Waals surface area contributed by atoms with Crippen molar-refractivity contribution in [3.63, 3.8) is 0 Å². The molecule has 5 heterocycles. The van der Waals surface area contributed by atoms with Crippen molar-refractivity contribution >= 4 is 28.4 Å². The first-order valence-electron chi connectivity index (χ1n) is 14.7. The molecule has 2 bridgehead atoms. The van der Waals surface area contributed by atoms with Gasteiger partial charge < -0.3 is 24.5 Å². The van der Waals surface area contributed by atoms with Crippen LogP contribution < -0.4 is 14.5 Å². The van der Waals surface area contributed by atoms with E-state index >= 15 is 0 Å². The maximum Gasteiger partial charge on any atom is 0.407 e. The molecule has 210 valence electrons. The first-order valence-corrected chi connectivity index (χ1v) is 14.7. The van der Waals surface area contributed by atoms with E-state index in [1.807, 2.05) is 0 Å². The smallest absolute Gasteiger partial charge is 0.407 e. The van der Waals surface area contributed by atoms with Crippen molar-refractivity contribution in [3.05, 3.63) is 53.2 Å². The lowest BCUT2D eigenvalue weighted by Gasteiger charge is -2.41. The third-order valence-corrected chi connectivity index (χ3v) is 9.53. The maximum atomic E-state index is 11.9. The number of ether oxygens (including phenoxy) is 1. The number of aryl methyl sites for hydroxylation is 1. The highest BCUT2D eigenvalue weighted by Gasteiger charge is 2.44. The fraction of sp³-hybridized carbons (Fsp3) is 0.516. The van der Waals surface area contributed by atoms with E-state index in [1.54, 1.807) is 4.90 Å². The van der Waals surface area contributed by atoms with E-state index in [1.165, 1.54) is 34.0 Å². The average molecular weight is 543 g/mol. The Morgan fingerprint density at radius 2 is 1.80 bits per heavy atom. The molecule has 7 rings (SSSR count). The van der Waals surface area contributed by atoms with Crippen molar-refractivity contribution in [3.8, 4) is 6.01 Å². The molecule has 3 fully saturated rings. The van der Waals surface area contributed by atoms with Crippen molar-refractivity contribution in [2.45, 2.75) is 63.7 Å². The Kier molecular flexibility index (Phi) is 6.41. The van der Waals surface area contributed by atoms with E-state index in [9.17, 15) is 9.90 Å². The predicted molar refractivity (Wildman–Crippen MR) is 156 cm³/mol. The summed E-state index contributed by atoms with van der Waals surface area (Å²) in [7, 11) is 2.15. The average Bonchev–Trinajstić information content (AvgIpc) is 3.49. The first kappa shape index (κ1) is 25.4. The van der Waals surface area contributed by atoms with E-state index in [0.29, 0.717) is 38.3 Å². The van der Waals surface area contributed by atoms with Gasteiger partial charge in [-0.15, -0.1) is 0 Å². The number of rotatable bonds is 5. The Balaban J connectivity index is 1.23. The standard InChI is InChI=1S/C31H38N6O3/c1-20-6-3-7-21-8-4-10-27(28(20)21)35-15-13-25-26(18-35)32-30(40-19-24-9-5-14-34(24)2)33-29(25)36-16-22-11-12-23(17-36)37(22)31(38)39/h3-4,6-8,10,22-24H,5,9,11-19H2,1-2H3,(H,38,39)/t22-,23+,24?. The van der Waals surface area contributed by atoms with Crippen LogP contribution in [0.15, 0.2) is 36.4 Å². The Bertz CT molecular complexity index is 1430. The number of anilines is 2. The quantitative estimate of drug-likeness (QED) is 0.511. The van der Waals surface area contributed by atoms with Crippen molar-refractivity contribution in [2.24, 2.45) is 0 Å². The molecule has 1 N–H and O–H groups in total. The Morgan fingerprint density at radius 1 is 1.02 bits per heavy atom. The van der Waals surface area contributed by atoms with Crippen molar-refractivity contribution in [2.75, 3.05) is 49.6 Å². The molecule has 0 aliphatic carbocycles. The normalized spacial score (nSPS) is 24.6. The number of aromatic nitrogens is 2. The number of piperazine rings is 1. The summed E-state index contributed by atoms with van der Waals surface area (Å²) >= 11 is 0. The van der Waals surface area contributed by atoms with Gasteiger partial charge in [-0.2, -0.15) is 9.97 Å². The van der Waals surface area contributed by atoms with Gasteiger partial charge in [0.05, 0.1) is 24.3 Å². The van der Waals surface area contributed by atoms with Gasteiger partial charge in [0.2, 0.25) is 0 Å². The lowest BCUT2D eigenvalue weighted by Crippen LogP contribution is -2.56. The largest absolute Gasteiger partial charge is 0.465 e. The number of benzene rings is 2. The fourth-order valence-electron chi connectivity index (χ4n) is 7.44. The van der Waals surface area contributed by atoms with Gasteiger partial charge in [0.15, 0.2) is 0 Å². The van der Waals surface area contributed by atoms with Crippen LogP contribution in [0.25, 0.3) is 10.8 Å². The second-order valence-electron chi connectivity index (χ2n) is 11.9. The third kappa shape index (κ3) is 4.40. The molecule has 1 amide bonds. The van der Waals surface area contributed by atoms with Crippen LogP contribution in [-0.4, -0.2) is 88.9 Å². The number of carbonyl (C=O) groups is 1. The minimum Gasteiger partial charge on any atom is -0.465 e. The molecule has 3 atom stereocenters. The summed E-state index contributed by atoms with van der Waals surface area (Å²) in [5.74, 6) is 0.940. The Hall–Kier alpha value is -3.59. The number of amides is 1. The topological polar surface area (TPSA) is 85.3 Å². The summed E-state index contributed by atoms with van der Waals surface area (Å²) in [6, 6.07) is 13.9. The molecule has 0 radical (unpaired) electrons. The number of carboxylic acid groups (broad SMARTS) is 1. The number of hydrogen-bond acceptors (Lipinski definition) is 7. The second kappa shape index (κ2) is 10.1. The SMILES string of the molecule is Cc1cccc2cccc(N3CCc4c(nc(OCC5CCCN5C)nc4N4C[C@H]5CC[C@@H](C4)N5C(=O)O)C3)c12. The van der Waals surface area contributed by atoms with E-state index in [4.69, 9.17) is 14.7 Å². The number of hydrogen-bond donors (Lipinski definition) is 1. The molecule has 3 saturated heterocycles. The van der Waals surface area contributed by atoms with Crippen LogP contribution in [0.4, 0.5) is 16.3 Å². The number of likely N-dealkylation sites (tertiary alicyclic amines) is 1. The van der Waals surface area contributed by atoms with Crippen LogP contribution in [0.3, 0.4) is 0 Å². The van der Waals surface area contributed by atoms with Gasteiger partial charge in [0.1, 0.15) is 12.4 Å². The monoisotopic (exact) mass is 542 g/mol. The van der Waals surface area contributed by atoms with E-state index in [2.05, 4.69) is 65.1 Å². The summed E-state index contributed by atoms with van der Waals surface area (Å²) in [4.78, 5) is 30.7. The Labute approximate surface area is 235 Å². The third-order valence-electron chi connectivity index (χ3n) is 9.53. The highest BCUT2D eigenvalue weighted by atomic mass is 16.5. The van der Waals surface area contributed by atoms with E-state index in [0.717, 1.165) is 50.3 Å². The summed E-state index contributed by atoms with van der Waals surface area (Å²) in [5, 5.41) is 12.3. The minimum absolute atomic E-state index is 0.0112. The molecule has 2 aromatic carbocycles. The minimum atomic E-state index is -0.803. The van der Waals surface area contributed by atoms with Crippen LogP contribution in [0.5, 0.6) is 6.01 Å². The molecule has 4 aliphatic rings. The van der Waals surface area contributed by atoms with Gasteiger partial charge in [-0.05, 0) is 69.6 Å². The highest BCUT2D eigenvalue weighted by molar-refractivity contribution is 5.97. The van der Waals surface area contributed by atoms with Crippen LogP contribution in [0.2, 0.25) is 0 Å². The molecule has 9 nitrogen and oxygen atoms in total. The number of likely N-dealkylation sites (N-methyl/N-ethyl adjacent to an activating group) is 1. The molecule has 4 aliphatic heterocycles.